The van der Waals surface area contributed by atoms with E-state index in [1.165, 1.54) is 47.4 Å². The normalized spacial score (nSPS) is 11.4. The number of amides is 1. The molecular weight excluding hydrogens is 408 g/mol. The molecule has 0 fully saturated rings. The molecule has 0 saturated heterocycles. The summed E-state index contributed by atoms with van der Waals surface area (Å²) in [4.78, 5) is 17.2. The van der Waals surface area contributed by atoms with Gasteiger partial charge in [0.25, 0.3) is 0 Å². The topological polar surface area (TPSA) is 128 Å². The van der Waals surface area contributed by atoms with Crippen molar-refractivity contribution in [1.29, 1.82) is 0 Å². The molecule has 27 heavy (non-hydrogen) atoms. The molecule has 11 heteroatoms. The van der Waals surface area contributed by atoms with Gasteiger partial charge in [0.1, 0.15) is 0 Å². The van der Waals surface area contributed by atoms with Crippen molar-refractivity contribution in [1.82, 2.24) is 10.1 Å². The number of primary sulfonamides is 1. The highest BCUT2D eigenvalue weighted by molar-refractivity contribution is 7.98. The van der Waals surface area contributed by atoms with Gasteiger partial charge in [-0.05, 0) is 35.7 Å². The maximum absolute atomic E-state index is 11.9. The fourth-order valence-corrected chi connectivity index (χ4v) is 4.03. The van der Waals surface area contributed by atoms with Gasteiger partial charge < -0.3 is 9.84 Å². The van der Waals surface area contributed by atoms with E-state index in [1.54, 1.807) is 0 Å². The van der Waals surface area contributed by atoms with Crippen LogP contribution in [0.2, 0.25) is 0 Å². The number of nitrogens with one attached hydrogen (secondary N) is 1. The predicted molar refractivity (Wildman–Crippen MR) is 105 cm³/mol. The van der Waals surface area contributed by atoms with E-state index in [1.807, 2.05) is 17.5 Å². The molecule has 0 unspecified atom stereocenters. The average Bonchev–Trinajstić information content (AvgIpc) is 3.30. The molecule has 0 radical (unpaired) electrons. The molecule has 0 aliphatic carbocycles. The van der Waals surface area contributed by atoms with Crippen LogP contribution in [-0.4, -0.2) is 30.2 Å². The summed E-state index contributed by atoms with van der Waals surface area (Å²) in [5.74, 6) is 2.02. The van der Waals surface area contributed by atoms with E-state index >= 15 is 0 Å². The molecule has 1 aromatic carbocycles. The summed E-state index contributed by atoms with van der Waals surface area (Å²) >= 11 is 3.05. The standard InChI is InChI=1S/C16H16N4O4S3/c17-27(22,23)12-5-3-11(4-6-12)18-14(21)7-9-25-10-15-19-16(20-24-15)13-2-1-8-26-13/h1-6,8H,7,9-10H2,(H,18,21)(H2,17,22,23). The van der Waals surface area contributed by atoms with Crippen molar-refractivity contribution in [3.63, 3.8) is 0 Å². The average molecular weight is 425 g/mol. The number of anilines is 1. The molecular formula is C16H16N4O4S3. The molecule has 0 atom stereocenters. The van der Waals surface area contributed by atoms with Crippen LogP contribution in [-0.2, 0) is 20.6 Å². The lowest BCUT2D eigenvalue weighted by Crippen LogP contribution is -2.14. The van der Waals surface area contributed by atoms with Gasteiger partial charge in [0.15, 0.2) is 0 Å². The van der Waals surface area contributed by atoms with E-state index in [9.17, 15) is 13.2 Å². The Labute approximate surface area is 164 Å². The minimum atomic E-state index is -3.74. The number of rotatable bonds is 8. The van der Waals surface area contributed by atoms with Crippen LogP contribution in [0.5, 0.6) is 0 Å². The number of thiophene rings is 1. The first-order chi connectivity index (χ1) is 12.9. The first-order valence-corrected chi connectivity index (χ1v) is 11.4. The number of carbonyl (C=O) groups is 1. The Morgan fingerprint density at radius 3 is 2.70 bits per heavy atom. The lowest BCUT2D eigenvalue weighted by atomic mass is 10.3. The van der Waals surface area contributed by atoms with Crippen LogP contribution < -0.4 is 10.5 Å². The third-order valence-electron chi connectivity index (χ3n) is 3.38. The van der Waals surface area contributed by atoms with Crippen molar-refractivity contribution in [2.75, 3.05) is 11.1 Å². The SMILES string of the molecule is NS(=O)(=O)c1ccc(NC(=O)CCSCc2nc(-c3cccs3)no2)cc1. The number of carbonyl (C=O) groups excluding carboxylic acids is 1. The molecule has 2 heterocycles. The van der Waals surface area contributed by atoms with E-state index < -0.39 is 10.0 Å². The molecule has 0 aliphatic heterocycles. The van der Waals surface area contributed by atoms with Gasteiger partial charge in [-0.15, -0.1) is 11.3 Å². The second-order valence-electron chi connectivity index (χ2n) is 5.41. The summed E-state index contributed by atoms with van der Waals surface area (Å²) in [6.07, 6.45) is 0.299. The number of hydrogen-bond donors (Lipinski definition) is 2. The van der Waals surface area contributed by atoms with E-state index in [4.69, 9.17) is 9.66 Å². The smallest absolute Gasteiger partial charge is 0.238 e. The Kier molecular flexibility index (Phi) is 6.26. The van der Waals surface area contributed by atoms with Gasteiger partial charge in [0, 0.05) is 17.9 Å². The van der Waals surface area contributed by atoms with Gasteiger partial charge in [-0.2, -0.15) is 16.7 Å². The summed E-state index contributed by atoms with van der Waals surface area (Å²) in [5, 5.41) is 13.6. The fourth-order valence-electron chi connectivity index (χ4n) is 2.10. The van der Waals surface area contributed by atoms with Crippen LogP contribution in [0.1, 0.15) is 12.3 Å². The van der Waals surface area contributed by atoms with Crippen molar-refractivity contribution in [2.45, 2.75) is 17.1 Å². The quantitative estimate of drug-likeness (QED) is 0.532. The second-order valence-corrected chi connectivity index (χ2v) is 9.02. The van der Waals surface area contributed by atoms with Crippen molar-refractivity contribution < 1.29 is 17.7 Å². The number of aromatic nitrogens is 2. The highest BCUT2D eigenvalue weighted by atomic mass is 32.2. The zero-order chi connectivity index (χ0) is 19.3. The third-order valence-corrected chi connectivity index (χ3v) is 6.11. The Morgan fingerprint density at radius 1 is 1.26 bits per heavy atom. The van der Waals surface area contributed by atoms with Gasteiger partial charge >= 0.3 is 0 Å². The molecule has 3 N–H and O–H groups in total. The Morgan fingerprint density at radius 2 is 2.04 bits per heavy atom. The van der Waals surface area contributed by atoms with Crippen molar-refractivity contribution in [3.8, 4) is 10.7 Å². The molecule has 3 aromatic rings. The summed E-state index contributed by atoms with van der Waals surface area (Å²) in [6.45, 7) is 0. The van der Waals surface area contributed by atoms with Crippen molar-refractivity contribution >= 4 is 44.7 Å². The Balaban J connectivity index is 1.41. The summed E-state index contributed by atoms with van der Waals surface area (Å²) in [5.41, 5.74) is 0.509. The zero-order valence-electron chi connectivity index (χ0n) is 14.0. The van der Waals surface area contributed by atoms with Gasteiger partial charge in [-0.1, -0.05) is 11.2 Å². The largest absolute Gasteiger partial charge is 0.338 e. The maximum atomic E-state index is 11.9. The molecule has 1 amide bonds. The fraction of sp³-hybridized carbons (Fsp3) is 0.188. The first-order valence-electron chi connectivity index (χ1n) is 7.79. The molecule has 0 bridgehead atoms. The molecule has 8 nitrogen and oxygen atoms in total. The summed E-state index contributed by atoms with van der Waals surface area (Å²) in [7, 11) is -3.74. The monoisotopic (exact) mass is 424 g/mol. The number of thioether (sulfide) groups is 1. The lowest BCUT2D eigenvalue weighted by Gasteiger charge is -2.05. The molecule has 0 saturated carbocycles. The minimum Gasteiger partial charge on any atom is -0.338 e. The highest BCUT2D eigenvalue weighted by Crippen LogP contribution is 2.22. The van der Waals surface area contributed by atoms with E-state index in [0.717, 1.165) is 4.88 Å². The van der Waals surface area contributed by atoms with Crippen LogP contribution in [0, 0.1) is 0 Å². The summed E-state index contributed by atoms with van der Waals surface area (Å²) in [6, 6.07) is 9.53. The number of benzene rings is 1. The van der Waals surface area contributed by atoms with E-state index in [-0.39, 0.29) is 10.8 Å². The summed E-state index contributed by atoms with van der Waals surface area (Å²) < 4.78 is 27.6. The second kappa shape index (κ2) is 8.65. The highest BCUT2D eigenvalue weighted by Gasteiger charge is 2.10. The van der Waals surface area contributed by atoms with Crippen LogP contribution >= 0.6 is 23.1 Å². The molecule has 0 aliphatic rings. The van der Waals surface area contributed by atoms with Gasteiger partial charge in [0.05, 0.1) is 15.5 Å². The molecule has 142 valence electrons. The van der Waals surface area contributed by atoms with Crippen LogP contribution in [0.4, 0.5) is 5.69 Å². The zero-order valence-corrected chi connectivity index (χ0v) is 16.4. The number of nitrogens with zero attached hydrogens (tertiary/aromatic N) is 2. The third kappa shape index (κ3) is 5.63. The Bertz CT molecular complexity index is 999. The predicted octanol–water partition coefficient (Wildman–Crippen LogP) is 2.71. The number of sulfonamides is 1. The lowest BCUT2D eigenvalue weighted by molar-refractivity contribution is -0.115. The number of nitrogens with two attached hydrogens (primary N) is 1. The van der Waals surface area contributed by atoms with Crippen LogP contribution in [0.15, 0.2) is 51.2 Å². The molecule has 0 spiro atoms. The minimum absolute atomic E-state index is 0.00229. The van der Waals surface area contributed by atoms with Gasteiger partial charge in [-0.25, -0.2) is 13.6 Å². The van der Waals surface area contributed by atoms with Crippen LogP contribution in [0.3, 0.4) is 0 Å². The van der Waals surface area contributed by atoms with Crippen LogP contribution in [0.25, 0.3) is 10.7 Å². The van der Waals surface area contributed by atoms with E-state index in [0.29, 0.717) is 35.3 Å². The van der Waals surface area contributed by atoms with Gasteiger partial charge in [-0.3, -0.25) is 4.79 Å². The molecule has 3 rings (SSSR count). The van der Waals surface area contributed by atoms with Crippen molar-refractivity contribution in [3.05, 3.63) is 47.7 Å². The Hall–Kier alpha value is -2.21. The number of hydrogen-bond acceptors (Lipinski definition) is 8. The first kappa shape index (κ1) is 19.5. The van der Waals surface area contributed by atoms with Crippen molar-refractivity contribution in [2.24, 2.45) is 5.14 Å². The molecule has 2 aromatic heterocycles. The van der Waals surface area contributed by atoms with Gasteiger partial charge in [0.2, 0.25) is 27.6 Å². The van der Waals surface area contributed by atoms with E-state index in [2.05, 4.69) is 15.5 Å². The maximum Gasteiger partial charge on any atom is 0.238 e.